The summed E-state index contributed by atoms with van der Waals surface area (Å²) in [5.74, 6) is 0.728. The molecule has 3 nitrogen and oxygen atoms in total. The van der Waals surface area contributed by atoms with E-state index >= 15 is 0 Å². The lowest BCUT2D eigenvalue weighted by Gasteiger charge is -2.36. The van der Waals surface area contributed by atoms with Crippen LogP contribution in [0.1, 0.15) is 42.9 Å². The van der Waals surface area contributed by atoms with Crippen molar-refractivity contribution < 1.29 is 4.79 Å². The lowest BCUT2D eigenvalue weighted by molar-refractivity contribution is -0.136. The highest BCUT2D eigenvalue weighted by Gasteiger charge is 2.46. The summed E-state index contributed by atoms with van der Waals surface area (Å²) in [6.07, 6.45) is 5.47. The van der Waals surface area contributed by atoms with Crippen LogP contribution in [-0.2, 0) is 11.2 Å². The monoisotopic (exact) mass is 242 g/mol. The van der Waals surface area contributed by atoms with Gasteiger partial charge in [-0.2, -0.15) is 0 Å². The van der Waals surface area contributed by atoms with E-state index in [0.717, 1.165) is 37.8 Å². The number of benzene rings is 1. The number of nitrogen functional groups attached to an aromatic ring is 1. The van der Waals surface area contributed by atoms with Crippen molar-refractivity contribution >= 4 is 11.6 Å². The third kappa shape index (κ3) is 1.39. The molecule has 1 amide bonds. The Hall–Kier alpha value is -1.51. The second-order valence-corrected chi connectivity index (χ2v) is 5.93. The zero-order valence-electron chi connectivity index (χ0n) is 10.4. The highest BCUT2D eigenvalue weighted by Crippen LogP contribution is 2.47. The number of carbonyl (C=O) groups excluding carboxylic acids is 1. The fourth-order valence-corrected chi connectivity index (χ4v) is 3.63. The summed E-state index contributed by atoms with van der Waals surface area (Å²) in [6.45, 7) is 0. The van der Waals surface area contributed by atoms with E-state index in [9.17, 15) is 4.79 Å². The van der Waals surface area contributed by atoms with Crippen molar-refractivity contribution in [3.05, 3.63) is 29.3 Å². The molecule has 3 aliphatic rings. The summed E-state index contributed by atoms with van der Waals surface area (Å²) in [7, 11) is 0. The zero-order chi connectivity index (χ0) is 12.3. The van der Waals surface area contributed by atoms with Gasteiger partial charge in [0.1, 0.15) is 0 Å². The summed E-state index contributed by atoms with van der Waals surface area (Å²) in [4.78, 5) is 14.6. The molecular formula is C15H18N2O. The first-order chi connectivity index (χ1) is 8.74. The first-order valence-electron chi connectivity index (χ1n) is 6.94. The van der Waals surface area contributed by atoms with Gasteiger partial charge in [-0.15, -0.1) is 0 Å². The van der Waals surface area contributed by atoms with Crippen LogP contribution in [0, 0.1) is 5.92 Å². The topological polar surface area (TPSA) is 46.3 Å². The standard InChI is InChI=1S/C15H18N2O/c16-11-4-3-10-7-12-5-6-14(13(10)8-11)17(12)15(18)9-1-2-9/h3-4,8-9,12,14H,1-2,5-7,16H2. The van der Waals surface area contributed by atoms with E-state index in [0.29, 0.717) is 23.9 Å². The van der Waals surface area contributed by atoms with Crippen molar-refractivity contribution in [1.82, 2.24) is 4.90 Å². The molecule has 2 unspecified atom stereocenters. The Kier molecular flexibility index (Phi) is 2.02. The number of carbonyl (C=O) groups is 1. The van der Waals surface area contributed by atoms with E-state index in [2.05, 4.69) is 17.0 Å². The SMILES string of the molecule is Nc1ccc2c(c1)C1CCC(C2)N1C(=O)C1CC1. The van der Waals surface area contributed by atoms with E-state index < -0.39 is 0 Å². The van der Waals surface area contributed by atoms with Crippen molar-refractivity contribution in [3.63, 3.8) is 0 Å². The molecule has 1 saturated heterocycles. The Morgan fingerprint density at radius 3 is 2.83 bits per heavy atom. The highest BCUT2D eigenvalue weighted by atomic mass is 16.2. The van der Waals surface area contributed by atoms with Crippen LogP contribution < -0.4 is 5.73 Å². The van der Waals surface area contributed by atoms with Gasteiger partial charge in [-0.05, 0) is 55.4 Å². The minimum atomic E-state index is 0.301. The van der Waals surface area contributed by atoms with E-state index in [1.165, 1.54) is 11.1 Å². The average molecular weight is 242 g/mol. The minimum absolute atomic E-state index is 0.301. The van der Waals surface area contributed by atoms with E-state index in [4.69, 9.17) is 5.73 Å². The van der Waals surface area contributed by atoms with Crippen LogP contribution in [0.15, 0.2) is 18.2 Å². The van der Waals surface area contributed by atoms with Crippen molar-refractivity contribution in [1.29, 1.82) is 0 Å². The smallest absolute Gasteiger partial charge is 0.226 e. The number of anilines is 1. The molecule has 18 heavy (non-hydrogen) atoms. The fraction of sp³-hybridized carbons (Fsp3) is 0.533. The molecule has 3 heteroatoms. The summed E-state index contributed by atoms with van der Waals surface area (Å²) in [5, 5.41) is 0. The van der Waals surface area contributed by atoms with Gasteiger partial charge in [0.2, 0.25) is 5.91 Å². The van der Waals surface area contributed by atoms with Gasteiger partial charge < -0.3 is 10.6 Å². The molecule has 0 radical (unpaired) electrons. The van der Waals surface area contributed by atoms with Crippen LogP contribution in [-0.4, -0.2) is 16.8 Å². The van der Waals surface area contributed by atoms with Gasteiger partial charge in [0.15, 0.2) is 0 Å². The lowest BCUT2D eigenvalue weighted by Crippen LogP contribution is -2.42. The molecule has 1 saturated carbocycles. The molecule has 2 fully saturated rings. The van der Waals surface area contributed by atoms with Gasteiger partial charge in [0, 0.05) is 17.6 Å². The van der Waals surface area contributed by atoms with E-state index in [1.807, 2.05) is 6.07 Å². The molecule has 2 N–H and O–H groups in total. The van der Waals surface area contributed by atoms with Crippen LogP contribution in [0.5, 0.6) is 0 Å². The Morgan fingerprint density at radius 1 is 1.22 bits per heavy atom. The first kappa shape index (κ1) is 10.4. The minimum Gasteiger partial charge on any atom is -0.399 e. The number of amides is 1. The average Bonchev–Trinajstić information content (AvgIpc) is 3.14. The molecule has 2 aliphatic heterocycles. The van der Waals surface area contributed by atoms with E-state index in [-0.39, 0.29) is 0 Å². The molecule has 94 valence electrons. The molecule has 1 aromatic carbocycles. The first-order valence-corrected chi connectivity index (χ1v) is 6.94. The number of rotatable bonds is 1. The Labute approximate surface area is 107 Å². The molecule has 1 aromatic rings. The Balaban J connectivity index is 1.75. The molecule has 2 heterocycles. The zero-order valence-corrected chi connectivity index (χ0v) is 10.4. The van der Waals surface area contributed by atoms with Crippen molar-refractivity contribution in [3.8, 4) is 0 Å². The van der Waals surface area contributed by atoms with Crippen LogP contribution >= 0.6 is 0 Å². The van der Waals surface area contributed by atoms with Gasteiger partial charge in [-0.25, -0.2) is 0 Å². The predicted octanol–water partition coefficient (Wildman–Crippen LogP) is 2.27. The largest absolute Gasteiger partial charge is 0.399 e. The third-order valence-electron chi connectivity index (χ3n) is 4.67. The second kappa shape index (κ2) is 3.50. The number of nitrogens with zero attached hydrogens (tertiary/aromatic N) is 1. The quantitative estimate of drug-likeness (QED) is 0.768. The molecule has 0 aromatic heterocycles. The molecular weight excluding hydrogens is 224 g/mol. The van der Waals surface area contributed by atoms with Crippen LogP contribution in [0.2, 0.25) is 0 Å². The van der Waals surface area contributed by atoms with Gasteiger partial charge in [0.05, 0.1) is 6.04 Å². The Bertz CT molecular complexity index is 521. The molecule has 1 aliphatic carbocycles. The normalized spacial score (nSPS) is 29.2. The molecule has 4 rings (SSSR count). The van der Waals surface area contributed by atoms with Gasteiger partial charge in [-0.3, -0.25) is 4.79 Å². The van der Waals surface area contributed by atoms with Crippen molar-refractivity contribution in [2.24, 2.45) is 5.92 Å². The van der Waals surface area contributed by atoms with Crippen LogP contribution in [0.25, 0.3) is 0 Å². The highest BCUT2D eigenvalue weighted by molar-refractivity contribution is 5.82. The Morgan fingerprint density at radius 2 is 2.06 bits per heavy atom. The second-order valence-electron chi connectivity index (χ2n) is 5.93. The van der Waals surface area contributed by atoms with E-state index in [1.54, 1.807) is 0 Å². The predicted molar refractivity (Wildman–Crippen MR) is 69.9 cm³/mol. The summed E-state index contributed by atoms with van der Waals surface area (Å²) < 4.78 is 0. The lowest BCUT2D eigenvalue weighted by atomic mass is 9.92. The van der Waals surface area contributed by atoms with Crippen molar-refractivity contribution in [2.75, 3.05) is 5.73 Å². The van der Waals surface area contributed by atoms with Crippen LogP contribution in [0.3, 0.4) is 0 Å². The van der Waals surface area contributed by atoms with Gasteiger partial charge in [-0.1, -0.05) is 6.07 Å². The number of hydrogen-bond donors (Lipinski definition) is 1. The maximum atomic E-state index is 12.4. The summed E-state index contributed by atoms with van der Waals surface area (Å²) in [6, 6.07) is 6.95. The third-order valence-corrected chi connectivity index (χ3v) is 4.67. The fourth-order valence-electron chi connectivity index (χ4n) is 3.63. The summed E-state index contributed by atoms with van der Waals surface area (Å²) >= 11 is 0. The maximum absolute atomic E-state index is 12.4. The summed E-state index contributed by atoms with van der Waals surface area (Å²) in [5.41, 5.74) is 9.42. The van der Waals surface area contributed by atoms with Crippen LogP contribution in [0.4, 0.5) is 5.69 Å². The number of fused-ring (bicyclic) bond motifs is 4. The van der Waals surface area contributed by atoms with Gasteiger partial charge in [0.25, 0.3) is 0 Å². The van der Waals surface area contributed by atoms with Crippen molar-refractivity contribution in [2.45, 2.75) is 44.2 Å². The number of hydrogen-bond acceptors (Lipinski definition) is 2. The van der Waals surface area contributed by atoms with Gasteiger partial charge >= 0.3 is 0 Å². The molecule has 2 bridgehead atoms. The number of nitrogens with two attached hydrogens (primary N) is 1. The molecule has 2 atom stereocenters. The maximum Gasteiger partial charge on any atom is 0.226 e. The molecule has 0 spiro atoms.